The Bertz CT molecular complexity index is 437. The molecule has 3 rings (SSSR count). The van der Waals surface area contributed by atoms with Crippen LogP contribution in [0.25, 0.3) is 0 Å². The summed E-state index contributed by atoms with van der Waals surface area (Å²) >= 11 is 0. The molecule has 2 aliphatic rings. The smallest absolute Gasteiger partial charge is 0.0939 e. The van der Waals surface area contributed by atoms with Crippen LogP contribution in [0.3, 0.4) is 0 Å². The van der Waals surface area contributed by atoms with Crippen molar-refractivity contribution in [3.63, 3.8) is 0 Å². The highest BCUT2D eigenvalue weighted by Crippen LogP contribution is 2.37. The Labute approximate surface area is 121 Å². The number of ether oxygens (including phenoxy) is 2. The monoisotopic (exact) mass is 275 g/mol. The molecule has 0 aliphatic carbocycles. The maximum Gasteiger partial charge on any atom is 0.0939 e. The quantitative estimate of drug-likeness (QED) is 0.921. The molecule has 110 valence electrons. The third-order valence-electron chi connectivity index (χ3n) is 4.80. The second-order valence-corrected chi connectivity index (χ2v) is 6.44. The third kappa shape index (κ3) is 3.05. The molecule has 0 saturated carbocycles. The Hall–Kier alpha value is -0.900. The number of hydrogen-bond donors (Lipinski definition) is 1. The fourth-order valence-corrected chi connectivity index (χ4v) is 3.46. The number of nitrogens with two attached hydrogens (primary N) is 1. The molecule has 1 aromatic carbocycles. The van der Waals surface area contributed by atoms with Gasteiger partial charge in [0.2, 0.25) is 0 Å². The second-order valence-electron chi connectivity index (χ2n) is 6.44. The van der Waals surface area contributed by atoms with Gasteiger partial charge in [0.15, 0.2) is 0 Å². The molecule has 3 unspecified atom stereocenters. The van der Waals surface area contributed by atoms with Crippen molar-refractivity contribution in [2.75, 3.05) is 19.8 Å². The SMILES string of the molecule is Cc1ccc(CC(N)C2CCOC3(CCOC3)C2)cc1. The summed E-state index contributed by atoms with van der Waals surface area (Å²) in [5.74, 6) is 0.548. The predicted molar refractivity (Wildman–Crippen MR) is 79.7 cm³/mol. The van der Waals surface area contributed by atoms with Crippen LogP contribution in [-0.4, -0.2) is 31.5 Å². The maximum absolute atomic E-state index is 6.47. The van der Waals surface area contributed by atoms with E-state index in [2.05, 4.69) is 31.2 Å². The molecule has 2 saturated heterocycles. The lowest BCUT2D eigenvalue weighted by atomic mass is 9.79. The van der Waals surface area contributed by atoms with Gasteiger partial charge in [0.1, 0.15) is 0 Å². The first-order valence-corrected chi connectivity index (χ1v) is 7.70. The lowest BCUT2D eigenvalue weighted by Gasteiger charge is -2.39. The van der Waals surface area contributed by atoms with Crippen LogP contribution >= 0.6 is 0 Å². The van der Waals surface area contributed by atoms with Gasteiger partial charge in [-0.05, 0) is 37.7 Å². The van der Waals surface area contributed by atoms with E-state index in [9.17, 15) is 0 Å². The van der Waals surface area contributed by atoms with Crippen molar-refractivity contribution in [1.82, 2.24) is 0 Å². The van der Waals surface area contributed by atoms with Crippen LogP contribution in [0.15, 0.2) is 24.3 Å². The Morgan fingerprint density at radius 2 is 2.10 bits per heavy atom. The van der Waals surface area contributed by atoms with E-state index in [1.54, 1.807) is 0 Å². The summed E-state index contributed by atoms with van der Waals surface area (Å²) in [7, 11) is 0. The van der Waals surface area contributed by atoms with Gasteiger partial charge < -0.3 is 15.2 Å². The van der Waals surface area contributed by atoms with E-state index in [0.717, 1.165) is 45.5 Å². The molecule has 3 atom stereocenters. The zero-order valence-corrected chi connectivity index (χ0v) is 12.3. The van der Waals surface area contributed by atoms with E-state index >= 15 is 0 Å². The molecule has 20 heavy (non-hydrogen) atoms. The predicted octanol–water partition coefficient (Wildman–Crippen LogP) is 2.45. The molecule has 0 radical (unpaired) electrons. The average molecular weight is 275 g/mol. The molecule has 2 N–H and O–H groups in total. The van der Waals surface area contributed by atoms with E-state index in [-0.39, 0.29) is 11.6 Å². The van der Waals surface area contributed by atoms with Gasteiger partial charge in [-0.1, -0.05) is 29.8 Å². The lowest BCUT2D eigenvalue weighted by Crippen LogP contribution is -2.46. The first-order chi connectivity index (χ1) is 9.67. The van der Waals surface area contributed by atoms with Gasteiger partial charge >= 0.3 is 0 Å². The molecule has 3 nitrogen and oxygen atoms in total. The van der Waals surface area contributed by atoms with Crippen LogP contribution in [0.2, 0.25) is 0 Å². The lowest BCUT2D eigenvalue weighted by molar-refractivity contribution is -0.101. The van der Waals surface area contributed by atoms with E-state index in [1.807, 2.05) is 0 Å². The number of rotatable bonds is 3. The maximum atomic E-state index is 6.47. The Kier molecular flexibility index (Phi) is 4.11. The molecule has 2 heterocycles. The largest absolute Gasteiger partial charge is 0.378 e. The van der Waals surface area contributed by atoms with Crippen LogP contribution in [0, 0.1) is 12.8 Å². The highest BCUT2D eigenvalue weighted by Gasteiger charge is 2.42. The molecule has 2 aliphatic heterocycles. The first kappa shape index (κ1) is 14.1. The summed E-state index contributed by atoms with van der Waals surface area (Å²) in [5, 5.41) is 0. The van der Waals surface area contributed by atoms with Gasteiger partial charge in [0, 0.05) is 25.7 Å². The van der Waals surface area contributed by atoms with Gasteiger partial charge in [0.05, 0.1) is 12.2 Å². The summed E-state index contributed by atoms with van der Waals surface area (Å²) < 4.78 is 11.5. The third-order valence-corrected chi connectivity index (χ3v) is 4.80. The van der Waals surface area contributed by atoms with Crippen molar-refractivity contribution in [2.45, 2.75) is 44.2 Å². The zero-order chi connectivity index (χ0) is 14.0. The Morgan fingerprint density at radius 3 is 2.80 bits per heavy atom. The molecule has 1 spiro atoms. The zero-order valence-electron chi connectivity index (χ0n) is 12.3. The number of hydrogen-bond acceptors (Lipinski definition) is 3. The van der Waals surface area contributed by atoms with Gasteiger partial charge in [-0.25, -0.2) is 0 Å². The fraction of sp³-hybridized carbons (Fsp3) is 0.647. The summed E-state index contributed by atoms with van der Waals surface area (Å²) in [6.45, 7) is 4.53. The average Bonchev–Trinajstić information content (AvgIpc) is 2.89. The molecule has 2 fully saturated rings. The molecule has 3 heteroatoms. The molecule has 1 aromatic rings. The number of aryl methyl sites for hydroxylation is 1. The van der Waals surface area contributed by atoms with E-state index in [1.165, 1.54) is 11.1 Å². The first-order valence-electron chi connectivity index (χ1n) is 7.70. The van der Waals surface area contributed by atoms with Crippen molar-refractivity contribution < 1.29 is 9.47 Å². The van der Waals surface area contributed by atoms with Gasteiger partial charge in [0.25, 0.3) is 0 Å². The van der Waals surface area contributed by atoms with Crippen LogP contribution < -0.4 is 5.73 Å². The Balaban J connectivity index is 1.61. The minimum absolute atomic E-state index is 0.0339. The van der Waals surface area contributed by atoms with E-state index in [4.69, 9.17) is 15.2 Å². The molecule has 0 amide bonds. The normalized spacial score (nSPS) is 31.6. The van der Waals surface area contributed by atoms with Gasteiger partial charge in [-0.2, -0.15) is 0 Å². The van der Waals surface area contributed by atoms with Crippen LogP contribution in [-0.2, 0) is 15.9 Å². The van der Waals surface area contributed by atoms with E-state index in [0.29, 0.717) is 5.92 Å². The van der Waals surface area contributed by atoms with Crippen molar-refractivity contribution >= 4 is 0 Å². The van der Waals surface area contributed by atoms with Crippen LogP contribution in [0.4, 0.5) is 0 Å². The van der Waals surface area contributed by atoms with Gasteiger partial charge in [-0.3, -0.25) is 0 Å². The summed E-state index contributed by atoms with van der Waals surface area (Å²) in [6.07, 6.45) is 4.12. The summed E-state index contributed by atoms with van der Waals surface area (Å²) in [4.78, 5) is 0. The highest BCUT2D eigenvalue weighted by molar-refractivity contribution is 5.22. The van der Waals surface area contributed by atoms with Crippen LogP contribution in [0.1, 0.15) is 30.4 Å². The summed E-state index contributed by atoms with van der Waals surface area (Å²) in [5.41, 5.74) is 9.08. The summed E-state index contributed by atoms with van der Waals surface area (Å²) in [6, 6.07) is 8.95. The van der Waals surface area contributed by atoms with E-state index < -0.39 is 0 Å². The standard InChI is InChI=1S/C17H25NO2/c1-13-2-4-14(5-3-13)10-16(18)15-6-8-20-17(11-15)7-9-19-12-17/h2-5,15-16H,6-12,18H2,1H3. The van der Waals surface area contributed by atoms with Crippen molar-refractivity contribution in [3.8, 4) is 0 Å². The van der Waals surface area contributed by atoms with Gasteiger partial charge in [-0.15, -0.1) is 0 Å². The molecule has 0 aromatic heterocycles. The Morgan fingerprint density at radius 1 is 1.30 bits per heavy atom. The van der Waals surface area contributed by atoms with Crippen molar-refractivity contribution in [2.24, 2.45) is 11.7 Å². The highest BCUT2D eigenvalue weighted by atomic mass is 16.6. The topological polar surface area (TPSA) is 44.5 Å². The fourth-order valence-electron chi connectivity index (χ4n) is 3.46. The minimum Gasteiger partial charge on any atom is -0.378 e. The van der Waals surface area contributed by atoms with Crippen LogP contribution in [0.5, 0.6) is 0 Å². The molecular formula is C17H25NO2. The molecular weight excluding hydrogens is 250 g/mol. The van der Waals surface area contributed by atoms with Crippen molar-refractivity contribution in [1.29, 1.82) is 0 Å². The van der Waals surface area contributed by atoms with Crippen molar-refractivity contribution in [3.05, 3.63) is 35.4 Å². The number of benzene rings is 1. The molecule has 0 bridgehead atoms. The minimum atomic E-state index is -0.0339. The second kappa shape index (κ2) is 5.84.